The molecule has 0 aromatic carbocycles. The van der Waals surface area contributed by atoms with Crippen molar-refractivity contribution in [2.75, 3.05) is 0 Å². The van der Waals surface area contributed by atoms with E-state index in [-0.39, 0.29) is 0 Å². The molecule has 0 spiro atoms. The highest BCUT2D eigenvalue weighted by Crippen LogP contribution is 2.35. The first-order valence-corrected chi connectivity index (χ1v) is 5.32. The van der Waals surface area contributed by atoms with Crippen LogP contribution in [0.1, 0.15) is 36.6 Å². The van der Waals surface area contributed by atoms with Gasteiger partial charge in [-0.15, -0.1) is 0 Å². The molecule has 1 aromatic rings. The Morgan fingerprint density at radius 2 is 2.23 bits per heavy atom. The van der Waals surface area contributed by atoms with E-state index in [1.807, 2.05) is 6.07 Å². The summed E-state index contributed by atoms with van der Waals surface area (Å²) < 4.78 is 0.664. The first kappa shape index (κ1) is 9.09. The van der Waals surface area contributed by atoms with Crippen molar-refractivity contribution < 1.29 is 0 Å². The SMILES string of the molecule is NCc1cc(C2CCC2)nc(Br)n1. The fourth-order valence-corrected chi connectivity index (χ4v) is 1.94. The molecule has 2 rings (SSSR count). The molecule has 0 amide bonds. The molecule has 0 atom stereocenters. The summed E-state index contributed by atoms with van der Waals surface area (Å²) in [5, 5.41) is 0. The van der Waals surface area contributed by atoms with Crippen LogP contribution in [0.4, 0.5) is 0 Å². The Kier molecular flexibility index (Phi) is 2.60. The average molecular weight is 242 g/mol. The number of aromatic nitrogens is 2. The highest BCUT2D eigenvalue weighted by atomic mass is 79.9. The first-order chi connectivity index (χ1) is 6.29. The summed E-state index contributed by atoms with van der Waals surface area (Å²) in [7, 11) is 0. The first-order valence-electron chi connectivity index (χ1n) is 4.53. The maximum atomic E-state index is 5.54. The van der Waals surface area contributed by atoms with Gasteiger partial charge in [-0.05, 0) is 34.8 Å². The van der Waals surface area contributed by atoms with Crippen molar-refractivity contribution >= 4 is 15.9 Å². The van der Waals surface area contributed by atoms with E-state index in [2.05, 4.69) is 25.9 Å². The maximum Gasteiger partial charge on any atom is 0.197 e. The van der Waals surface area contributed by atoms with Gasteiger partial charge >= 0.3 is 0 Å². The highest BCUT2D eigenvalue weighted by Gasteiger charge is 2.21. The second kappa shape index (κ2) is 3.72. The van der Waals surface area contributed by atoms with Crippen molar-refractivity contribution in [3.05, 3.63) is 22.2 Å². The molecule has 1 heterocycles. The van der Waals surface area contributed by atoms with Crippen molar-refractivity contribution in [1.82, 2.24) is 9.97 Å². The number of hydrogen-bond donors (Lipinski definition) is 1. The molecule has 4 heteroatoms. The zero-order valence-corrected chi connectivity index (χ0v) is 8.92. The maximum absolute atomic E-state index is 5.54. The number of nitrogens with two attached hydrogens (primary N) is 1. The van der Waals surface area contributed by atoms with Gasteiger partial charge in [-0.1, -0.05) is 6.42 Å². The molecule has 0 bridgehead atoms. The molecule has 0 radical (unpaired) electrons. The topological polar surface area (TPSA) is 51.8 Å². The molecule has 1 aliphatic carbocycles. The third kappa shape index (κ3) is 1.89. The fraction of sp³-hybridized carbons (Fsp3) is 0.556. The van der Waals surface area contributed by atoms with Crippen LogP contribution in [0.15, 0.2) is 10.8 Å². The summed E-state index contributed by atoms with van der Waals surface area (Å²) in [5.41, 5.74) is 7.60. The Morgan fingerprint density at radius 3 is 2.77 bits per heavy atom. The van der Waals surface area contributed by atoms with Gasteiger partial charge in [0.25, 0.3) is 0 Å². The summed E-state index contributed by atoms with van der Waals surface area (Å²) in [5.74, 6) is 0.643. The van der Waals surface area contributed by atoms with Gasteiger partial charge in [0.2, 0.25) is 0 Å². The lowest BCUT2D eigenvalue weighted by Gasteiger charge is -2.24. The summed E-state index contributed by atoms with van der Waals surface area (Å²) in [6.07, 6.45) is 3.84. The third-order valence-electron chi connectivity index (χ3n) is 2.50. The lowest BCUT2D eigenvalue weighted by Crippen LogP contribution is -2.13. The van der Waals surface area contributed by atoms with Gasteiger partial charge in [0, 0.05) is 18.2 Å². The van der Waals surface area contributed by atoms with Crippen molar-refractivity contribution in [3.8, 4) is 0 Å². The number of halogens is 1. The van der Waals surface area contributed by atoms with Crippen LogP contribution < -0.4 is 5.73 Å². The van der Waals surface area contributed by atoms with Crippen LogP contribution in [0, 0.1) is 0 Å². The van der Waals surface area contributed by atoms with E-state index in [9.17, 15) is 0 Å². The number of nitrogens with zero attached hydrogens (tertiary/aromatic N) is 2. The predicted molar refractivity (Wildman–Crippen MR) is 54.2 cm³/mol. The van der Waals surface area contributed by atoms with Crippen LogP contribution >= 0.6 is 15.9 Å². The van der Waals surface area contributed by atoms with Crippen LogP contribution in [-0.2, 0) is 6.54 Å². The smallest absolute Gasteiger partial charge is 0.197 e. The number of hydrogen-bond acceptors (Lipinski definition) is 3. The Labute approximate surface area is 85.9 Å². The van der Waals surface area contributed by atoms with Crippen molar-refractivity contribution in [3.63, 3.8) is 0 Å². The van der Waals surface area contributed by atoms with E-state index in [0.29, 0.717) is 17.2 Å². The zero-order valence-electron chi connectivity index (χ0n) is 7.33. The highest BCUT2D eigenvalue weighted by molar-refractivity contribution is 9.10. The molecular weight excluding hydrogens is 230 g/mol. The Morgan fingerprint density at radius 1 is 1.46 bits per heavy atom. The molecule has 1 saturated carbocycles. The molecule has 0 aliphatic heterocycles. The van der Waals surface area contributed by atoms with Crippen LogP contribution in [0.3, 0.4) is 0 Å². The lowest BCUT2D eigenvalue weighted by atomic mass is 9.83. The van der Waals surface area contributed by atoms with E-state index in [0.717, 1.165) is 11.4 Å². The van der Waals surface area contributed by atoms with Gasteiger partial charge in [0.15, 0.2) is 4.73 Å². The lowest BCUT2D eigenvalue weighted by molar-refractivity contribution is 0.409. The van der Waals surface area contributed by atoms with E-state index in [1.54, 1.807) is 0 Å². The van der Waals surface area contributed by atoms with Crippen molar-refractivity contribution in [1.29, 1.82) is 0 Å². The van der Waals surface area contributed by atoms with Crippen molar-refractivity contribution in [2.24, 2.45) is 5.73 Å². The standard InChI is InChI=1S/C9H12BrN3/c10-9-12-7(5-11)4-8(13-9)6-2-1-3-6/h4,6H,1-3,5,11H2. The van der Waals surface area contributed by atoms with Gasteiger partial charge in [-0.2, -0.15) is 0 Å². The third-order valence-corrected chi connectivity index (χ3v) is 2.86. The zero-order chi connectivity index (χ0) is 9.26. The van der Waals surface area contributed by atoms with E-state index in [1.165, 1.54) is 19.3 Å². The summed E-state index contributed by atoms with van der Waals surface area (Å²) in [6, 6.07) is 2.02. The Hall–Kier alpha value is -0.480. The minimum atomic E-state index is 0.487. The molecule has 1 aliphatic rings. The van der Waals surface area contributed by atoms with Gasteiger partial charge in [-0.3, -0.25) is 0 Å². The Balaban J connectivity index is 2.28. The molecule has 3 nitrogen and oxygen atoms in total. The molecule has 1 aromatic heterocycles. The molecule has 13 heavy (non-hydrogen) atoms. The normalized spacial score (nSPS) is 17.1. The number of rotatable bonds is 2. The molecule has 2 N–H and O–H groups in total. The minimum absolute atomic E-state index is 0.487. The van der Waals surface area contributed by atoms with E-state index < -0.39 is 0 Å². The largest absolute Gasteiger partial charge is 0.325 e. The van der Waals surface area contributed by atoms with Gasteiger partial charge < -0.3 is 5.73 Å². The summed E-state index contributed by atoms with van der Waals surface area (Å²) in [4.78, 5) is 8.53. The van der Waals surface area contributed by atoms with Gasteiger partial charge in [0.1, 0.15) is 0 Å². The minimum Gasteiger partial charge on any atom is -0.325 e. The van der Waals surface area contributed by atoms with Crippen LogP contribution in [0.2, 0.25) is 0 Å². The van der Waals surface area contributed by atoms with Crippen LogP contribution in [0.5, 0.6) is 0 Å². The van der Waals surface area contributed by atoms with Gasteiger partial charge in [0.05, 0.1) is 5.69 Å². The van der Waals surface area contributed by atoms with Gasteiger partial charge in [-0.25, -0.2) is 9.97 Å². The monoisotopic (exact) mass is 241 g/mol. The molecule has 0 saturated heterocycles. The van der Waals surface area contributed by atoms with E-state index >= 15 is 0 Å². The van der Waals surface area contributed by atoms with Crippen LogP contribution in [-0.4, -0.2) is 9.97 Å². The van der Waals surface area contributed by atoms with Crippen molar-refractivity contribution in [2.45, 2.75) is 31.7 Å². The molecule has 0 unspecified atom stereocenters. The molecule has 70 valence electrons. The summed E-state index contributed by atoms with van der Waals surface area (Å²) >= 11 is 3.30. The fourth-order valence-electron chi connectivity index (χ4n) is 1.50. The second-order valence-electron chi connectivity index (χ2n) is 3.39. The summed E-state index contributed by atoms with van der Waals surface area (Å²) in [6.45, 7) is 0.487. The second-order valence-corrected chi connectivity index (χ2v) is 4.09. The van der Waals surface area contributed by atoms with Crippen LogP contribution in [0.25, 0.3) is 0 Å². The predicted octanol–water partition coefficient (Wildman–Crippen LogP) is 1.97. The molecule has 1 fully saturated rings. The van der Waals surface area contributed by atoms with E-state index in [4.69, 9.17) is 5.73 Å². The molecular formula is C9H12BrN3. The Bertz CT molecular complexity index is 310. The average Bonchev–Trinajstić information content (AvgIpc) is 2.00. The quantitative estimate of drug-likeness (QED) is 0.806.